The Morgan fingerprint density at radius 2 is 2.10 bits per heavy atom. The highest BCUT2D eigenvalue weighted by molar-refractivity contribution is 5.76. The first-order chi connectivity index (χ1) is 9.52. The summed E-state index contributed by atoms with van der Waals surface area (Å²) < 4.78 is 1.95. The molecule has 2 aromatic rings. The van der Waals surface area contributed by atoms with Gasteiger partial charge in [0.25, 0.3) is 0 Å². The summed E-state index contributed by atoms with van der Waals surface area (Å²) in [6.07, 6.45) is 1.53. The molecule has 0 aliphatic heterocycles. The molecule has 3 N–H and O–H groups in total. The summed E-state index contributed by atoms with van der Waals surface area (Å²) in [5, 5.41) is 23.0. The zero-order valence-corrected chi connectivity index (χ0v) is 12.2. The van der Waals surface area contributed by atoms with E-state index in [1.807, 2.05) is 36.7 Å². The molecule has 5 heteroatoms. The van der Waals surface area contributed by atoms with Crippen molar-refractivity contribution in [1.29, 1.82) is 0 Å². The number of nitrogens with zero attached hydrogens (tertiary/aromatic N) is 2. The van der Waals surface area contributed by atoms with Crippen LogP contribution in [0.3, 0.4) is 0 Å². The van der Waals surface area contributed by atoms with E-state index in [0.717, 1.165) is 23.0 Å². The summed E-state index contributed by atoms with van der Waals surface area (Å²) in [6, 6.07) is 5.75. The molecule has 3 atom stereocenters. The monoisotopic (exact) mass is 277 g/mol. The lowest BCUT2D eigenvalue weighted by molar-refractivity contribution is 0.112. The molecular weight excluding hydrogens is 254 g/mol. The quantitative estimate of drug-likeness (QED) is 0.745. The first kappa shape index (κ1) is 15.0. The average Bonchev–Trinajstić information content (AvgIpc) is 2.80. The van der Waals surface area contributed by atoms with Crippen LogP contribution in [0.5, 0.6) is 0 Å². The third-order valence-corrected chi connectivity index (χ3v) is 3.59. The molecule has 0 amide bonds. The maximum absolute atomic E-state index is 10.5. The number of hydrogen-bond acceptors (Lipinski definition) is 4. The van der Waals surface area contributed by atoms with Gasteiger partial charge in [-0.05, 0) is 31.0 Å². The highest BCUT2D eigenvalue weighted by Crippen LogP contribution is 2.23. The van der Waals surface area contributed by atoms with Crippen LogP contribution < -0.4 is 5.32 Å². The van der Waals surface area contributed by atoms with Crippen LogP contribution in [0.2, 0.25) is 0 Å². The van der Waals surface area contributed by atoms with Crippen LogP contribution in [-0.4, -0.2) is 38.5 Å². The number of aromatic nitrogens is 2. The van der Waals surface area contributed by atoms with Gasteiger partial charge in [-0.25, -0.2) is 4.98 Å². The van der Waals surface area contributed by atoms with Gasteiger partial charge in [0.1, 0.15) is 0 Å². The zero-order valence-electron chi connectivity index (χ0n) is 12.2. The molecule has 0 radical (unpaired) electrons. The Bertz CT molecular complexity index is 565. The van der Waals surface area contributed by atoms with E-state index in [1.54, 1.807) is 13.3 Å². The van der Waals surface area contributed by atoms with Gasteiger partial charge in [0.05, 0.1) is 29.6 Å². The standard InChI is InChI=1S/C15H23N3O2/c1-4-12(16-8-10(2)19)15(20)11-5-6-14-13(7-11)17-9-18(14)3/h5-7,9-10,12,15-16,19-20H,4,8H2,1-3H3. The predicted octanol–water partition coefficient (Wildman–Crippen LogP) is 1.36. The molecule has 1 heterocycles. The Hall–Kier alpha value is -1.43. The van der Waals surface area contributed by atoms with Gasteiger partial charge in [0.2, 0.25) is 0 Å². The highest BCUT2D eigenvalue weighted by Gasteiger charge is 2.20. The van der Waals surface area contributed by atoms with Gasteiger partial charge >= 0.3 is 0 Å². The molecule has 1 aromatic carbocycles. The Labute approximate surface area is 119 Å². The number of benzene rings is 1. The van der Waals surface area contributed by atoms with E-state index in [4.69, 9.17) is 0 Å². The maximum Gasteiger partial charge on any atom is 0.0955 e. The molecule has 0 bridgehead atoms. The van der Waals surface area contributed by atoms with Crippen molar-refractivity contribution in [2.45, 2.75) is 38.5 Å². The van der Waals surface area contributed by atoms with Crippen molar-refractivity contribution in [2.24, 2.45) is 7.05 Å². The van der Waals surface area contributed by atoms with Crippen LogP contribution in [0.4, 0.5) is 0 Å². The Morgan fingerprint density at radius 3 is 2.75 bits per heavy atom. The summed E-state index contributed by atoms with van der Waals surface area (Å²) in [5.41, 5.74) is 2.78. The fourth-order valence-corrected chi connectivity index (χ4v) is 2.37. The number of aliphatic hydroxyl groups excluding tert-OH is 2. The SMILES string of the molecule is CCC(NCC(C)O)C(O)c1ccc2c(c1)ncn2C. The van der Waals surface area contributed by atoms with Gasteiger partial charge in [-0.15, -0.1) is 0 Å². The Morgan fingerprint density at radius 1 is 1.35 bits per heavy atom. The molecule has 0 saturated carbocycles. The van der Waals surface area contributed by atoms with E-state index in [2.05, 4.69) is 10.3 Å². The average molecular weight is 277 g/mol. The topological polar surface area (TPSA) is 70.3 Å². The van der Waals surface area contributed by atoms with Crippen molar-refractivity contribution in [3.63, 3.8) is 0 Å². The van der Waals surface area contributed by atoms with E-state index < -0.39 is 12.2 Å². The molecule has 0 aliphatic rings. The summed E-state index contributed by atoms with van der Waals surface area (Å²) in [5.74, 6) is 0. The molecule has 20 heavy (non-hydrogen) atoms. The smallest absolute Gasteiger partial charge is 0.0955 e. The van der Waals surface area contributed by atoms with Gasteiger partial charge in [-0.3, -0.25) is 0 Å². The number of imidazole rings is 1. The van der Waals surface area contributed by atoms with Crippen LogP contribution in [0.15, 0.2) is 24.5 Å². The molecule has 0 aliphatic carbocycles. The van der Waals surface area contributed by atoms with E-state index >= 15 is 0 Å². The number of hydrogen-bond donors (Lipinski definition) is 3. The van der Waals surface area contributed by atoms with Crippen molar-refractivity contribution in [3.8, 4) is 0 Å². The molecule has 0 fully saturated rings. The summed E-state index contributed by atoms with van der Waals surface area (Å²) >= 11 is 0. The van der Waals surface area contributed by atoms with Gasteiger partial charge in [-0.2, -0.15) is 0 Å². The number of rotatable bonds is 6. The minimum Gasteiger partial charge on any atom is -0.392 e. The van der Waals surface area contributed by atoms with Crippen molar-refractivity contribution in [2.75, 3.05) is 6.54 Å². The van der Waals surface area contributed by atoms with Crippen LogP contribution in [0, 0.1) is 0 Å². The molecule has 110 valence electrons. The van der Waals surface area contributed by atoms with Gasteiger partial charge < -0.3 is 20.1 Å². The van der Waals surface area contributed by atoms with Gasteiger partial charge in [-0.1, -0.05) is 13.0 Å². The lowest BCUT2D eigenvalue weighted by Crippen LogP contribution is -2.38. The largest absolute Gasteiger partial charge is 0.392 e. The second-order valence-corrected chi connectivity index (χ2v) is 5.32. The minimum absolute atomic E-state index is 0.0780. The molecule has 5 nitrogen and oxygen atoms in total. The molecule has 0 saturated heterocycles. The molecule has 3 unspecified atom stereocenters. The third kappa shape index (κ3) is 3.17. The van der Waals surface area contributed by atoms with Crippen LogP contribution >= 0.6 is 0 Å². The lowest BCUT2D eigenvalue weighted by atomic mass is 9.99. The first-order valence-corrected chi connectivity index (χ1v) is 7.03. The molecule has 2 rings (SSSR count). The minimum atomic E-state index is -0.606. The summed E-state index contributed by atoms with van der Waals surface area (Å²) in [6.45, 7) is 4.22. The number of fused-ring (bicyclic) bond motifs is 1. The second-order valence-electron chi connectivity index (χ2n) is 5.32. The Balaban J connectivity index is 2.17. The van der Waals surface area contributed by atoms with E-state index in [0.29, 0.717) is 6.54 Å². The first-order valence-electron chi connectivity index (χ1n) is 7.03. The normalized spacial score (nSPS) is 16.2. The fraction of sp³-hybridized carbons (Fsp3) is 0.533. The van der Waals surface area contributed by atoms with Gasteiger partial charge in [0.15, 0.2) is 0 Å². The number of nitrogens with one attached hydrogen (secondary N) is 1. The molecule has 1 aromatic heterocycles. The zero-order chi connectivity index (χ0) is 14.7. The summed E-state index contributed by atoms with van der Waals surface area (Å²) in [7, 11) is 1.95. The molecule has 0 spiro atoms. The summed E-state index contributed by atoms with van der Waals surface area (Å²) in [4.78, 5) is 4.31. The van der Waals surface area contributed by atoms with E-state index in [-0.39, 0.29) is 6.04 Å². The fourth-order valence-electron chi connectivity index (χ4n) is 2.37. The number of aliphatic hydroxyl groups is 2. The molecular formula is C15H23N3O2. The van der Waals surface area contributed by atoms with E-state index in [9.17, 15) is 10.2 Å². The van der Waals surface area contributed by atoms with Crippen molar-refractivity contribution >= 4 is 11.0 Å². The van der Waals surface area contributed by atoms with Crippen molar-refractivity contribution in [3.05, 3.63) is 30.1 Å². The lowest BCUT2D eigenvalue weighted by Gasteiger charge is -2.24. The predicted molar refractivity (Wildman–Crippen MR) is 79.4 cm³/mol. The third-order valence-electron chi connectivity index (χ3n) is 3.59. The van der Waals surface area contributed by atoms with Crippen LogP contribution in [0.1, 0.15) is 31.9 Å². The van der Waals surface area contributed by atoms with Crippen molar-refractivity contribution in [1.82, 2.24) is 14.9 Å². The van der Waals surface area contributed by atoms with E-state index in [1.165, 1.54) is 0 Å². The Kier molecular flexibility index (Phi) is 4.75. The highest BCUT2D eigenvalue weighted by atomic mass is 16.3. The van der Waals surface area contributed by atoms with Crippen LogP contribution in [-0.2, 0) is 7.05 Å². The van der Waals surface area contributed by atoms with Gasteiger partial charge in [0, 0.05) is 19.6 Å². The van der Waals surface area contributed by atoms with Crippen LogP contribution in [0.25, 0.3) is 11.0 Å². The number of aryl methyl sites for hydroxylation is 1. The maximum atomic E-state index is 10.5. The second kappa shape index (κ2) is 6.35. The van der Waals surface area contributed by atoms with Crippen molar-refractivity contribution < 1.29 is 10.2 Å².